The summed E-state index contributed by atoms with van der Waals surface area (Å²) in [6.07, 6.45) is 1.36. The van der Waals surface area contributed by atoms with Crippen LogP contribution in [0.2, 0.25) is 5.02 Å². The van der Waals surface area contributed by atoms with Crippen LogP contribution in [-0.2, 0) is 9.53 Å². The van der Waals surface area contributed by atoms with Crippen LogP contribution in [0.25, 0.3) is 0 Å². The van der Waals surface area contributed by atoms with E-state index in [0.717, 1.165) is 4.90 Å². The summed E-state index contributed by atoms with van der Waals surface area (Å²) < 4.78 is 31.8. The SMILES string of the molecule is C=CCN(CC(=O)OCC)C(=O)c1cc(F)c(Cl)cc1F. The fourth-order valence-corrected chi connectivity index (χ4v) is 1.74. The van der Waals surface area contributed by atoms with E-state index in [4.69, 9.17) is 16.3 Å². The van der Waals surface area contributed by atoms with Crippen LogP contribution in [0.3, 0.4) is 0 Å². The Labute approximate surface area is 125 Å². The Morgan fingerprint density at radius 2 is 2.05 bits per heavy atom. The van der Waals surface area contributed by atoms with Gasteiger partial charge in [-0.15, -0.1) is 6.58 Å². The van der Waals surface area contributed by atoms with E-state index in [1.54, 1.807) is 6.92 Å². The average Bonchev–Trinajstić information content (AvgIpc) is 2.42. The molecule has 0 unspecified atom stereocenters. The molecule has 0 heterocycles. The van der Waals surface area contributed by atoms with Crippen molar-refractivity contribution in [3.63, 3.8) is 0 Å². The molecule has 1 aromatic rings. The smallest absolute Gasteiger partial charge is 0.325 e. The Morgan fingerprint density at radius 1 is 1.38 bits per heavy atom. The Kier molecular flexibility index (Phi) is 6.30. The second-order valence-corrected chi connectivity index (χ2v) is 4.43. The van der Waals surface area contributed by atoms with Crippen LogP contribution in [0.1, 0.15) is 17.3 Å². The summed E-state index contributed by atoms with van der Waals surface area (Å²) in [5, 5.41) is -0.426. The number of carbonyl (C=O) groups is 2. The second-order valence-electron chi connectivity index (χ2n) is 4.03. The highest BCUT2D eigenvalue weighted by atomic mass is 35.5. The number of hydrogen-bond donors (Lipinski definition) is 0. The van der Waals surface area contributed by atoms with Crippen molar-refractivity contribution in [3.05, 3.63) is 47.0 Å². The van der Waals surface area contributed by atoms with Crippen molar-refractivity contribution in [1.82, 2.24) is 4.90 Å². The topological polar surface area (TPSA) is 46.6 Å². The molecule has 7 heteroatoms. The molecule has 1 aromatic carbocycles. The highest BCUT2D eigenvalue weighted by molar-refractivity contribution is 6.30. The van der Waals surface area contributed by atoms with E-state index in [9.17, 15) is 18.4 Å². The van der Waals surface area contributed by atoms with Crippen LogP contribution in [0.4, 0.5) is 8.78 Å². The van der Waals surface area contributed by atoms with Gasteiger partial charge in [-0.25, -0.2) is 8.78 Å². The van der Waals surface area contributed by atoms with Gasteiger partial charge in [-0.3, -0.25) is 9.59 Å². The zero-order chi connectivity index (χ0) is 16.0. The van der Waals surface area contributed by atoms with E-state index < -0.39 is 34.1 Å². The lowest BCUT2D eigenvalue weighted by molar-refractivity contribution is -0.143. The van der Waals surface area contributed by atoms with Gasteiger partial charge in [-0.05, 0) is 19.1 Å². The molecule has 114 valence electrons. The van der Waals surface area contributed by atoms with Gasteiger partial charge in [0.15, 0.2) is 0 Å². The van der Waals surface area contributed by atoms with Crippen molar-refractivity contribution in [3.8, 4) is 0 Å². The minimum atomic E-state index is -0.968. The first-order valence-corrected chi connectivity index (χ1v) is 6.48. The van der Waals surface area contributed by atoms with E-state index in [-0.39, 0.29) is 19.7 Å². The summed E-state index contributed by atoms with van der Waals surface area (Å²) in [7, 11) is 0. The van der Waals surface area contributed by atoms with Gasteiger partial charge in [0.2, 0.25) is 0 Å². The van der Waals surface area contributed by atoms with Gasteiger partial charge in [0, 0.05) is 6.54 Å². The van der Waals surface area contributed by atoms with E-state index in [2.05, 4.69) is 6.58 Å². The minimum absolute atomic E-state index is 0.0126. The molecule has 0 saturated heterocycles. The third kappa shape index (κ3) is 4.53. The van der Waals surface area contributed by atoms with Crippen LogP contribution in [0.5, 0.6) is 0 Å². The molecule has 0 aliphatic carbocycles. The maximum absolute atomic E-state index is 13.7. The van der Waals surface area contributed by atoms with Crippen molar-refractivity contribution < 1.29 is 23.1 Å². The van der Waals surface area contributed by atoms with Gasteiger partial charge in [0.25, 0.3) is 5.91 Å². The predicted octanol–water partition coefficient (Wildman–Crippen LogP) is 2.81. The lowest BCUT2D eigenvalue weighted by Gasteiger charge is -2.20. The van der Waals surface area contributed by atoms with E-state index >= 15 is 0 Å². The second kappa shape index (κ2) is 7.73. The molecule has 0 fully saturated rings. The van der Waals surface area contributed by atoms with Gasteiger partial charge in [-0.2, -0.15) is 0 Å². The van der Waals surface area contributed by atoms with Crippen molar-refractivity contribution in [1.29, 1.82) is 0 Å². The maximum atomic E-state index is 13.7. The zero-order valence-electron chi connectivity index (χ0n) is 11.4. The largest absolute Gasteiger partial charge is 0.465 e. The van der Waals surface area contributed by atoms with E-state index in [0.29, 0.717) is 12.1 Å². The monoisotopic (exact) mass is 317 g/mol. The van der Waals surface area contributed by atoms with Crippen molar-refractivity contribution in [2.75, 3.05) is 19.7 Å². The Balaban J connectivity index is 3.03. The van der Waals surface area contributed by atoms with Gasteiger partial charge >= 0.3 is 5.97 Å². The summed E-state index contributed by atoms with van der Waals surface area (Å²) in [5.41, 5.74) is -0.511. The standard InChI is InChI=1S/C14H14ClF2NO3/c1-3-5-18(8-13(19)21-4-2)14(20)9-6-12(17)10(15)7-11(9)16/h3,6-7H,1,4-5,8H2,2H3. The Hall–Kier alpha value is -1.95. The summed E-state index contributed by atoms with van der Waals surface area (Å²) in [6, 6.07) is 1.40. The normalized spacial score (nSPS) is 10.1. The fraction of sp³-hybridized carbons (Fsp3) is 0.286. The lowest BCUT2D eigenvalue weighted by Crippen LogP contribution is -2.37. The molecular formula is C14H14ClF2NO3. The molecule has 1 amide bonds. The van der Waals surface area contributed by atoms with Gasteiger partial charge in [-0.1, -0.05) is 17.7 Å². The molecule has 0 spiro atoms. The molecule has 21 heavy (non-hydrogen) atoms. The molecule has 0 bridgehead atoms. The van der Waals surface area contributed by atoms with E-state index in [1.165, 1.54) is 6.08 Å². The van der Waals surface area contributed by atoms with Crippen molar-refractivity contribution in [2.24, 2.45) is 0 Å². The minimum Gasteiger partial charge on any atom is -0.465 e. The summed E-state index contributed by atoms with van der Waals surface area (Å²) >= 11 is 5.43. The van der Waals surface area contributed by atoms with Crippen molar-refractivity contribution >= 4 is 23.5 Å². The fourth-order valence-electron chi connectivity index (χ4n) is 1.59. The summed E-state index contributed by atoms with van der Waals surface area (Å²) in [4.78, 5) is 24.6. The summed E-state index contributed by atoms with van der Waals surface area (Å²) in [5.74, 6) is -3.39. The van der Waals surface area contributed by atoms with Gasteiger partial charge in [0.1, 0.15) is 18.2 Å². The van der Waals surface area contributed by atoms with Gasteiger partial charge in [0.05, 0.1) is 17.2 Å². The van der Waals surface area contributed by atoms with Crippen molar-refractivity contribution in [2.45, 2.75) is 6.92 Å². The van der Waals surface area contributed by atoms with Crippen LogP contribution in [0, 0.1) is 11.6 Å². The van der Waals surface area contributed by atoms with Crippen LogP contribution >= 0.6 is 11.6 Å². The van der Waals surface area contributed by atoms with Crippen LogP contribution in [0.15, 0.2) is 24.8 Å². The first-order chi connectivity index (χ1) is 9.90. The molecule has 1 rings (SSSR count). The number of rotatable bonds is 6. The number of esters is 1. The van der Waals surface area contributed by atoms with Crippen LogP contribution in [-0.4, -0.2) is 36.5 Å². The lowest BCUT2D eigenvalue weighted by atomic mass is 10.1. The Bertz CT molecular complexity index is 563. The molecule has 0 aliphatic rings. The number of carbonyl (C=O) groups excluding carboxylic acids is 2. The third-order valence-electron chi connectivity index (χ3n) is 2.50. The highest BCUT2D eigenvalue weighted by Gasteiger charge is 2.23. The number of benzene rings is 1. The number of ether oxygens (including phenoxy) is 1. The molecule has 0 radical (unpaired) electrons. The van der Waals surface area contributed by atoms with Gasteiger partial charge < -0.3 is 9.64 Å². The average molecular weight is 318 g/mol. The predicted molar refractivity (Wildman–Crippen MR) is 74.1 cm³/mol. The molecule has 0 N–H and O–H groups in total. The highest BCUT2D eigenvalue weighted by Crippen LogP contribution is 2.20. The summed E-state index contributed by atoms with van der Waals surface area (Å²) in [6.45, 7) is 4.82. The third-order valence-corrected chi connectivity index (χ3v) is 2.79. The number of hydrogen-bond acceptors (Lipinski definition) is 3. The maximum Gasteiger partial charge on any atom is 0.325 e. The molecule has 0 aliphatic heterocycles. The quantitative estimate of drug-likeness (QED) is 0.460. The first-order valence-electron chi connectivity index (χ1n) is 6.11. The number of nitrogens with zero attached hydrogens (tertiary/aromatic N) is 1. The van der Waals surface area contributed by atoms with E-state index in [1.807, 2.05) is 0 Å². The molecule has 0 aromatic heterocycles. The molecule has 0 atom stereocenters. The Morgan fingerprint density at radius 3 is 2.62 bits per heavy atom. The molecular weight excluding hydrogens is 304 g/mol. The first kappa shape index (κ1) is 17.1. The number of halogens is 3. The molecule has 0 saturated carbocycles. The van der Waals surface area contributed by atoms with Crippen LogP contribution < -0.4 is 0 Å². The number of amides is 1. The molecule has 4 nitrogen and oxygen atoms in total. The zero-order valence-corrected chi connectivity index (χ0v) is 12.1.